The summed E-state index contributed by atoms with van der Waals surface area (Å²) < 4.78 is 0. The van der Waals surface area contributed by atoms with Gasteiger partial charge in [0, 0.05) is 35.6 Å². The Morgan fingerprint density at radius 1 is 1.39 bits per heavy atom. The smallest absolute Gasteiger partial charge is 0.224 e. The Bertz CT molecular complexity index is 753. The minimum Gasteiger partial charge on any atom is -0.369 e. The molecule has 0 spiro atoms. The van der Waals surface area contributed by atoms with Gasteiger partial charge in [0.05, 0.1) is 5.41 Å². The molecule has 2 aromatic rings. The summed E-state index contributed by atoms with van der Waals surface area (Å²) in [6.07, 6.45) is 5.56. The lowest BCUT2D eigenvalue weighted by molar-refractivity contribution is -0.130. The molecule has 5 heteroatoms. The first kappa shape index (κ1) is 14.7. The van der Waals surface area contributed by atoms with Crippen LogP contribution in [0.3, 0.4) is 0 Å². The Hall–Kier alpha value is -1.85. The number of nitrogens with two attached hydrogens (primary N) is 2. The largest absolute Gasteiger partial charge is 0.369 e. The highest BCUT2D eigenvalue weighted by atomic mass is 16.1. The second-order valence-corrected chi connectivity index (χ2v) is 7.12. The zero-order valence-electron chi connectivity index (χ0n) is 13.3. The molecule has 1 aliphatic heterocycles. The highest BCUT2D eigenvalue weighted by Gasteiger charge is 2.46. The van der Waals surface area contributed by atoms with Crippen molar-refractivity contribution in [3.05, 3.63) is 35.5 Å². The molecule has 1 aromatic carbocycles. The highest BCUT2D eigenvalue weighted by Crippen LogP contribution is 2.46. The lowest BCUT2D eigenvalue weighted by Gasteiger charge is -2.46. The van der Waals surface area contributed by atoms with Crippen LogP contribution < -0.4 is 16.8 Å². The van der Waals surface area contributed by atoms with E-state index < -0.39 is 5.41 Å². The summed E-state index contributed by atoms with van der Waals surface area (Å²) in [6.45, 7) is 1.26. The zero-order chi connectivity index (χ0) is 16.0. The van der Waals surface area contributed by atoms with Crippen molar-refractivity contribution in [1.82, 2.24) is 10.3 Å². The quantitative estimate of drug-likeness (QED) is 0.686. The lowest BCUT2D eigenvalue weighted by atomic mass is 9.65. The summed E-state index contributed by atoms with van der Waals surface area (Å²) in [4.78, 5) is 15.6. The molecular formula is C18H24N4O. The van der Waals surface area contributed by atoms with E-state index in [2.05, 4.69) is 34.7 Å². The third-order valence-electron chi connectivity index (χ3n) is 5.84. The maximum absolute atomic E-state index is 12.2. The van der Waals surface area contributed by atoms with Crippen LogP contribution in [-0.4, -0.2) is 30.0 Å². The first-order valence-electron chi connectivity index (χ1n) is 8.47. The average Bonchev–Trinajstić information content (AvgIpc) is 2.98. The number of amides is 1. The SMILES string of the molecule is NCCCC1(C(N)=O)CN[C@@H]2Cc3c[nH]c4cccc(c34)[C@H]2C1. The number of primary amides is 1. The van der Waals surface area contributed by atoms with Gasteiger partial charge in [-0.2, -0.15) is 0 Å². The average molecular weight is 312 g/mol. The molecule has 0 saturated carbocycles. The Balaban J connectivity index is 1.75. The van der Waals surface area contributed by atoms with E-state index in [4.69, 9.17) is 11.5 Å². The fourth-order valence-corrected chi connectivity index (χ4v) is 4.58. The van der Waals surface area contributed by atoms with E-state index in [0.717, 1.165) is 25.7 Å². The van der Waals surface area contributed by atoms with Gasteiger partial charge in [-0.3, -0.25) is 4.79 Å². The van der Waals surface area contributed by atoms with Gasteiger partial charge in [-0.15, -0.1) is 0 Å². The van der Waals surface area contributed by atoms with Crippen molar-refractivity contribution in [2.75, 3.05) is 13.1 Å². The third kappa shape index (κ3) is 2.18. The maximum Gasteiger partial charge on any atom is 0.224 e. The molecule has 2 aliphatic rings. The second kappa shape index (κ2) is 5.35. The van der Waals surface area contributed by atoms with E-state index in [1.54, 1.807) is 0 Å². The van der Waals surface area contributed by atoms with Gasteiger partial charge in [0.15, 0.2) is 0 Å². The van der Waals surface area contributed by atoms with E-state index >= 15 is 0 Å². The summed E-state index contributed by atoms with van der Waals surface area (Å²) in [5.74, 6) is 0.143. The van der Waals surface area contributed by atoms with Crippen molar-refractivity contribution in [2.24, 2.45) is 16.9 Å². The van der Waals surface area contributed by atoms with Crippen LogP contribution in [0, 0.1) is 5.41 Å². The molecule has 1 saturated heterocycles. The normalized spacial score (nSPS) is 29.4. The van der Waals surface area contributed by atoms with Crippen LogP contribution in [0.15, 0.2) is 24.4 Å². The molecule has 0 radical (unpaired) electrons. The monoisotopic (exact) mass is 312 g/mol. The number of piperidine rings is 1. The number of carbonyl (C=O) groups excluding carboxylic acids is 1. The molecule has 0 bridgehead atoms. The van der Waals surface area contributed by atoms with E-state index in [-0.39, 0.29) is 5.91 Å². The number of H-pyrrole nitrogens is 1. The molecule has 23 heavy (non-hydrogen) atoms. The molecule has 6 N–H and O–H groups in total. The molecule has 1 aromatic heterocycles. The summed E-state index contributed by atoms with van der Waals surface area (Å²) >= 11 is 0. The van der Waals surface area contributed by atoms with Crippen molar-refractivity contribution in [3.8, 4) is 0 Å². The topological polar surface area (TPSA) is 96.9 Å². The first-order chi connectivity index (χ1) is 11.1. The Morgan fingerprint density at radius 2 is 2.26 bits per heavy atom. The minimum atomic E-state index is -0.476. The van der Waals surface area contributed by atoms with Gasteiger partial charge in [0.2, 0.25) is 5.91 Å². The fourth-order valence-electron chi connectivity index (χ4n) is 4.58. The van der Waals surface area contributed by atoms with Crippen LogP contribution in [-0.2, 0) is 11.2 Å². The van der Waals surface area contributed by atoms with Gasteiger partial charge in [0.25, 0.3) is 0 Å². The number of hydrogen-bond acceptors (Lipinski definition) is 3. The Kier molecular flexibility index (Phi) is 3.43. The predicted octanol–water partition coefficient (Wildman–Crippen LogP) is 1.38. The Labute approximate surface area is 135 Å². The van der Waals surface area contributed by atoms with Crippen molar-refractivity contribution >= 4 is 16.8 Å². The van der Waals surface area contributed by atoms with Crippen molar-refractivity contribution in [2.45, 2.75) is 37.6 Å². The molecule has 1 unspecified atom stereocenters. The van der Waals surface area contributed by atoms with E-state index in [1.165, 1.54) is 22.0 Å². The maximum atomic E-state index is 12.2. The Morgan fingerprint density at radius 3 is 3.04 bits per heavy atom. The number of rotatable bonds is 4. The van der Waals surface area contributed by atoms with Gasteiger partial charge in [-0.25, -0.2) is 0 Å². The van der Waals surface area contributed by atoms with Crippen LogP contribution in [0.25, 0.3) is 10.9 Å². The van der Waals surface area contributed by atoms with Crippen LogP contribution in [0.5, 0.6) is 0 Å². The molecule has 1 amide bonds. The number of benzene rings is 1. The van der Waals surface area contributed by atoms with Gasteiger partial charge in [0.1, 0.15) is 0 Å². The predicted molar refractivity (Wildman–Crippen MR) is 91.1 cm³/mol. The van der Waals surface area contributed by atoms with Gasteiger partial charge < -0.3 is 21.8 Å². The van der Waals surface area contributed by atoms with Gasteiger partial charge >= 0.3 is 0 Å². The zero-order valence-corrected chi connectivity index (χ0v) is 13.3. The summed E-state index contributed by atoms with van der Waals surface area (Å²) in [5, 5.41) is 4.96. The highest BCUT2D eigenvalue weighted by molar-refractivity contribution is 5.89. The van der Waals surface area contributed by atoms with E-state index in [9.17, 15) is 4.79 Å². The van der Waals surface area contributed by atoms with Gasteiger partial charge in [-0.1, -0.05) is 12.1 Å². The number of aromatic amines is 1. The first-order valence-corrected chi connectivity index (χ1v) is 8.47. The lowest BCUT2D eigenvalue weighted by Crippen LogP contribution is -2.56. The van der Waals surface area contributed by atoms with E-state index in [1.807, 2.05) is 0 Å². The molecule has 3 atom stereocenters. The molecule has 2 heterocycles. The molecule has 1 fully saturated rings. The van der Waals surface area contributed by atoms with Crippen molar-refractivity contribution in [1.29, 1.82) is 0 Å². The minimum absolute atomic E-state index is 0.191. The summed E-state index contributed by atoms with van der Waals surface area (Å²) in [5.41, 5.74) is 14.9. The standard InChI is InChI=1S/C18H24N4O/c19-6-2-5-18(17(20)23)8-13-12-3-1-4-14-16(12)11(9-21-14)7-15(13)22-10-18/h1,3-4,9,13,15,21-22H,2,5-8,10,19H2,(H2,20,23)/t13-,15-,18?/m1/s1. The number of hydrogen-bond donors (Lipinski definition) is 4. The number of aromatic nitrogens is 1. The molecular weight excluding hydrogens is 288 g/mol. The van der Waals surface area contributed by atoms with Crippen LogP contribution in [0.1, 0.15) is 36.3 Å². The van der Waals surface area contributed by atoms with Crippen LogP contribution >= 0.6 is 0 Å². The second-order valence-electron chi connectivity index (χ2n) is 7.12. The number of nitrogens with one attached hydrogen (secondary N) is 2. The molecule has 5 nitrogen and oxygen atoms in total. The molecule has 4 rings (SSSR count). The third-order valence-corrected chi connectivity index (χ3v) is 5.84. The van der Waals surface area contributed by atoms with Crippen LogP contribution in [0.2, 0.25) is 0 Å². The summed E-state index contributed by atoms with van der Waals surface area (Å²) in [6, 6.07) is 6.81. The fraction of sp³-hybridized carbons (Fsp3) is 0.500. The number of fused-ring (bicyclic) bond motifs is 2. The van der Waals surface area contributed by atoms with Gasteiger partial charge in [-0.05, 0) is 49.4 Å². The van der Waals surface area contributed by atoms with Crippen molar-refractivity contribution < 1.29 is 4.79 Å². The molecule has 122 valence electrons. The van der Waals surface area contributed by atoms with E-state index in [0.29, 0.717) is 25.0 Å². The number of carbonyl (C=O) groups is 1. The van der Waals surface area contributed by atoms with Crippen LogP contribution in [0.4, 0.5) is 0 Å². The summed E-state index contributed by atoms with van der Waals surface area (Å²) in [7, 11) is 0. The molecule has 1 aliphatic carbocycles. The van der Waals surface area contributed by atoms with Crippen molar-refractivity contribution in [3.63, 3.8) is 0 Å².